The molecular formula is C35H41N3O5. The average molecular weight is 584 g/mol. The van der Waals surface area contributed by atoms with E-state index >= 15 is 0 Å². The van der Waals surface area contributed by atoms with Crippen molar-refractivity contribution in [3.63, 3.8) is 0 Å². The quantitative estimate of drug-likeness (QED) is 0.329. The lowest BCUT2D eigenvalue weighted by Crippen LogP contribution is -2.48. The standard InChI is InChI=1S/C35H41N3O5/c1-23-19-38(24(2)21-39)34(40)32-31(28-17-11-12-18-29(28)37(32)4)27-16-10-9-15-26(27)22-43-30(23)20-36(3)35(41)33(42-5)25-13-7-6-8-14-25/h6-18,23-24,30,33,39H,19-22H2,1-5H3/t23-,24+,30+,33-/m1/s1. The number of aliphatic hydroxyl groups is 1. The van der Waals surface area contributed by atoms with E-state index in [0.717, 1.165) is 33.2 Å². The van der Waals surface area contributed by atoms with E-state index in [1.54, 1.807) is 16.8 Å². The monoisotopic (exact) mass is 583 g/mol. The molecule has 1 aliphatic rings. The van der Waals surface area contributed by atoms with Crippen molar-refractivity contribution in [1.29, 1.82) is 0 Å². The van der Waals surface area contributed by atoms with E-state index in [4.69, 9.17) is 9.47 Å². The van der Waals surface area contributed by atoms with Crippen LogP contribution in [-0.4, -0.2) is 77.3 Å². The van der Waals surface area contributed by atoms with Gasteiger partial charge in [-0.1, -0.05) is 79.7 Å². The average Bonchev–Trinajstić information content (AvgIpc) is 3.32. The van der Waals surface area contributed by atoms with Crippen molar-refractivity contribution in [2.75, 3.05) is 33.9 Å². The lowest BCUT2D eigenvalue weighted by atomic mass is 9.96. The van der Waals surface area contributed by atoms with Crippen LogP contribution in [0.3, 0.4) is 0 Å². The van der Waals surface area contributed by atoms with Crippen LogP contribution in [0.15, 0.2) is 78.9 Å². The maximum absolute atomic E-state index is 14.5. The van der Waals surface area contributed by atoms with Gasteiger partial charge in [0.15, 0.2) is 6.10 Å². The second-order valence-corrected chi connectivity index (χ2v) is 11.5. The zero-order valence-electron chi connectivity index (χ0n) is 25.6. The third-order valence-corrected chi connectivity index (χ3v) is 8.62. The van der Waals surface area contributed by atoms with Gasteiger partial charge in [0, 0.05) is 56.7 Å². The van der Waals surface area contributed by atoms with Gasteiger partial charge in [0.1, 0.15) is 5.69 Å². The molecule has 0 spiro atoms. The van der Waals surface area contributed by atoms with Crippen molar-refractivity contribution in [3.05, 3.63) is 95.7 Å². The van der Waals surface area contributed by atoms with Gasteiger partial charge in [-0.05, 0) is 29.7 Å². The normalized spacial score (nSPS) is 18.8. The van der Waals surface area contributed by atoms with E-state index in [1.807, 2.05) is 104 Å². The van der Waals surface area contributed by atoms with Crippen LogP contribution in [-0.2, 0) is 27.9 Å². The molecule has 0 aliphatic carbocycles. The second-order valence-electron chi connectivity index (χ2n) is 11.5. The van der Waals surface area contributed by atoms with Gasteiger partial charge in [0.2, 0.25) is 0 Å². The van der Waals surface area contributed by atoms with Crippen molar-refractivity contribution in [1.82, 2.24) is 14.4 Å². The fraction of sp³-hybridized carbons (Fsp3) is 0.371. The van der Waals surface area contributed by atoms with E-state index in [-0.39, 0.29) is 24.3 Å². The van der Waals surface area contributed by atoms with Gasteiger partial charge in [0.25, 0.3) is 11.8 Å². The van der Waals surface area contributed by atoms with Crippen LogP contribution in [0.4, 0.5) is 0 Å². The maximum atomic E-state index is 14.5. The number of benzene rings is 3. The number of likely N-dealkylation sites (N-methyl/N-ethyl adjacent to an activating group) is 1. The molecule has 2 heterocycles. The van der Waals surface area contributed by atoms with Crippen LogP contribution >= 0.6 is 0 Å². The summed E-state index contributed by atoms with van der Waals surface area (Å²) in [6, 6.07) is 25.1. The highest BCUT2D eigenvalue weighted by atomic mass is 16.5. The Balaban J connectivity index is 1.55. The summed E-state index contributed by atoms with van der Waals surface area (Å²) in [6.45, 7) is 4.67. The largest absolute Gasteiger partial charge is 0.394 e. The van der Waals surface area contributed by atoms with Crippen LogP contribution in [0.2, 0.25) is 0 Å². The first-order chi connectivity index (χ1) is 20.8. The predicted molar refractivity (Wildman–Crippen MR) is 168 cm³/mol. The summed E-state index contributed by atoms with van der Waals surface area (Å²) in [4.78, 5) is 31.5. The molecule has 1 aromatic heterocycles. The van der Waals surface area contributed by atoms with Gasteiger partial charge in [-0.3, -0.25) is 9.59 Å². The topological polar surface area (TPSA) is 84.2 Å². The summed E-state index contributed by atoms with van der Waals surface area (Å²) in [7, 11) is 5.21. The summed E-state index contributed by atoms with van der Waals surface area (Å²) in [5, 5.41) is 11.2. The molecule has 0 saturated carbocycles. The number of amides is 2. The minimum Gasteiger partial charge on any atom is -0.394 e. The van der Waals surface area contributed by atoms with Gasteiger partial charge >= 0.3 is 0 Å². The third kappa shape index (κ3) is 5.95. The van der Waals surface area contributed by atoms with Crippen LogP contribution < -0.4 is 0 Å². The first kappa shape index (κ1) is 30.5. The van der Waals surface area contributed by atoms with E-state index in [1.165, 1.54) is 7.11 Å². The molecule has 8 heteroatoms. The number of fused-ring (bicyclic) bond motifs is 5. The molecule has 0 fully saturated rings. The van der Waals surface area contributed by atoms with Gasteiger partial charge in [-0.25, -0.2) is 0 Å². The third-order valence-electron chi connectivity index (χ3n) is 8.62. The highest BCUT2D eigenvalue weighted by Gasteiger charge is 2.34. The van der Waals surface area contributed by atoms with Gasteiger partial charge < -0.3 is 28.9 Å². The summed E-state index contributed by atoms with van der Waals surface area (Å²) in [5.41, 5.74) is 5.08. The number of methoxy groups -OCH3 is 1. The predicted octanol–water partition coefficient (Wildman–Crippen LogP) is 5.05. The highest BCUT2D eigenvalue weighted by Crippen LogP contribution is 2.38. The number of aromatic nitrogens is 1. The van der Waals surface area contributed by atoms with E-state index in [0.29, 0.717) is 25.4 Å². The molecule has 0 radical (unpaired) electrons. The smallest absolute Gasteiger partial charge is 0.271 e. The Morgan fingerprint density at radius 1 is 1.07 bits per heavy atom. The SMILES string of the molecule is CO[C@@H](C(=O)N(C)C[C@@H]1OCc2ccccc2-c2c(n(C)c3ccccc23)C(=O)N([C@@H](C)CO)C[C@H]1C)c1ccccc1. The molecule has 2 amide bonds. The number of rotatable bonds is 7. The fourth-order valence-electron chi connectivity index (χ4n) is 6.09. The van der Waals surface area contributed by atoms with Crippen LogP contribution in [0.5, 0.6) is 0 Å². The molecule has 226 valence electrons. The molecule has 3 aromatic carbocycles. The molecule has 4 atom stereocenters. The van der Waals surface area contributed by atoms with E-state index in [9.17, 15) is 14.7 Å². The Kier molecular flexibility index (Phi) is 9.30. The van der Waals surface area contributed by atoms with Crippen molar-refractivity contribution in [3.8, 4) is 11.1 Å². The van der Waals surface area contributed by atoms with Gasteiger partial charge in [0.05, 0.1) is 25.4 Å². The molecule has 1 aliphatic heterocycles. The molecule has 1 N–H and O–H groups in total. The Labute approximate surface area is 253 Å². The molecule has 4 aromatic rings. The van der Waals surface area contributed by atoms with Crippen molar-refractivity contribution in [2.45, 2.75) is 38.7 Å². The zero-order chi connectivity index (χ0) is 30.7. The summed E-state index contributed by atoms with van der Waals surface area (Å²) in [5.74, 6) is -0.477. The number of ether oxygens (including phenoxy) is 2. The minimum absolute atomic E-state index is 0.148. The number of hydrogen-bond acceptors (Lipinski definition) is 5. The Hall–Kier alpha value is -3.98. The number of aryl methyl sites for hydroxylation is 1. The lowest BCUT2D eigenvalue weighted by Gasteiger charge is -2.35. The molecule has 43 heavy (non-hydrogen) atoms. The molecule has 8 nitrogen and oxygen atoms in total. The molecule has 0 saturated heterocycles. The molecule has 0 unspecified atom stereocenters. The van der Waals surface area contributed by atoms with E-state index < -0.39 is 18.2 Å². The Bertz CT molecular complexity index is 1580. The van der Waals surface area contributed by atoms with Crippen molar-refractivity contribution < 1.29 is 24.2 Å². The van der Waals surface area contributed by atoms with Crippen molar-refractivity contribution in [2.24, 2.45) is 13.0 Å². The second kappa shape index (κ2) is 13.1. The van der Waals surface area contributed by atoms with Crippen molar-refractivity contribution >= 4 is 22.7 Å². The minimum atomic E-state index is -0.736. The van der Waals surface area contributed by atoms with Crippen LogP contribution in [0.25, 0.3) is 22.0 Å². The van der Waals surface area contributed by atoms with Crippen LogP contribution in [0, 0.1) is 5.92 Å². The number of carbonyl (C=O) groups excluding carboxylic acids is 2. The number of aliphatic hydroxyl groups excluding tert-OH is 1. The zero-order valence-corrected chi connectivity index (χ0v) is 25.6. The summed E-state index contributed by atoms with van der Waals surface area (Å²) >= 11 is 0. The molecule has 5 rings (SSSR count). The maximum Gasteiger partial charge on any atom is 0.271 e. The fourth-order valence-corrected chi connectivity index (χ4v) is 6.09. The van der Waals surface area contributed by atoms with Crippen LogP contribution in [0.1, 0.15) is 41.6 Å². The number of para-hydroxylation sites is 1. The molecule has 0 bridgehead atoms. The lowest BCUT2D eigenvalue weighted by molar-refractivity contribution is -0.143. The first-order valence-corrected chi connectivity index (χ1v) is 14.8. The van der Waals surface area contributed by atoms with E-state index in [2.05, 4.69) is 0 Å². The van der Waals surface area contributed by atoms with Gasteiger partial charge in [-0.2, -0.15) is 0 Å². The highest BCUT2D eigenvalue weighted by molar-refractivity contribution is 6.10. The number of carbonyl (C=O) groups is 2. The molecular weight excluding hydrogens is 542 g/mol. The first-order valence-electron chi connectivity index (χ1n) is 14.8. The number of nitrogens with zero attached hydrogens (tertiary/aromatic N) is 3. The summed E-state index contributed by atoms with van der Waals surface area (Å²) in [6.07, 6.45) is -1.13. The van der Waals surface area contributed by atoms with Gasteiger partial charge in [-0.15, -0.1) is 0 Å². The summed E-state index contributed by atoms with van der Waals surface area (Å²) < 4.78 is 14.2. The Morgan fingerprint density at radius 3 is 2.47 bits per heavy atom. The number of hydrogen-bond donors (Lipinski definition) is 1. The Morgan fingerprint density at radius 2 is 1.74 bits per heavy atom.